The van der Waals surface area contributed by atoms with Crippen LogP contribution in [0.4, 0.5) is 35.9 Å². The van der Waals surface area contributed by atoms with Crippen molar-refractivity contribution in [3.63, 3.8) is 0 Å². The van der Waals surface area contributed by atoms with Gasteiger partial charge in [-0.2, -0.15) is 45.9 Å². The molecular weight excluding hydrogens is 1120 g/mol. The summed E-state index contributed by atoms with van der Waals surface area (Å²) < 4.78 is 95.8. The number of hydrogen-bond donors (Lipinski definition) is 1. The Balaban J connectivity index is 0.000000173. The number of amides is 2. The summed E-state index contributed by atoms with van der Waals surface area (Å²) in [7, 11) is 0. The number of ether oxygens (including phenoxy) is 1. The van der Waals surface area contributed by atoms with Gasteiger partial charge >= 0.3 is 36.4 Å². The number of carboxylic acids is 1. The molecule has 10 heterocycles. The fraction of sp³-hybridized carbons (Fsp3) is 0.357. The number of alkyl halides is 6. The number of esters is 1. The second-order valence-corrected chi connectivity index (χ2v) is 22.8. The molecule has 4 aliphatic heterocycles. The fourth-order valence-electron chi connectivity index (χ4n) is 11.6. The molecule has 8 aromatic rings. The van der Waals surface area contributed by atoms with Gasteiger partial charge in [0.1, 0.15) is 16.9 Å². The van der Waals surface area contributed by atoms with Gasteiger partial charge < -0.3 is 19.6 Å². The molecule has 4 aliphatic rings. The van der Waals surface area contributed by atoms with E-state index >= 15 is 0 Å². The maximum Gasteiger partial charge on any atom is 0.416 e. The van der Waals surface area contributed by atoms with Gasteiger partial charge in [0.05, 0.1) is 57.3 Å². The van der Waals surface area contributed by atoms with Crippen LogP contribution in [0.15, 0.2) is 110 Å². The molecular formula is C56H52Cl2F6N12O6. The van der Waals surface area contributed by atoms with Crippen molar-refractivity contribution in [3.8, 4) is 22.5 Å². The van der Waals surface area contributed by atoms with Crippen molar-refractivity contribution < 1.29 is 55.4 Å². The third-order valence-electron chi connectivity index (χ3n) is 15.2. The van der Waals surface area contributed by atoms with Crippen LogP contribution in [0, 0.1) is 23.7 Å². The summed E-state index contributed by atoms with van der Waals surface area (Å²) >= 11 is 12.0. The zero-order chi connectivity index (χ0) is 58.2. The molecule has 2 aromatic carbocycles. The predicted octanol–water partition coefficient (Wildman–Crippen LogP) is 10.5. The number of aromatic carboxylic acids is 1. The van der Waals surface area contributed by atoms with Gasteiger partial charge in [-0.1, -0.05) is 59.6 Å². The van der Waals surface area contributed by atoms with Crippen molar-refractivity contribution in [1.29, 1.82) is 0 Å². The third-order valence-corrected chi connectivity index (χ3v) is 15.8. The number of likely N-dealkylation sites (tertiary alicyclic amines) is 4. The van der Waals surface area contributed by atoms with Gasteiger partial charge in [0, 0.05) is 89.0 Å². The largest absolute Gasteiger partial charge is 0.476 e. The number of carbonyl (C=O) groups excluding carboxylic acids is 3. The summed E-state index contributed by atoms with van der Waals surface area (Å²) in [4.78, 5) is 65.4. The molecule has 12 rings (SSSR count). The summed E-state index contributed by atoms with van der Waals surface area (Å²) in [5, 5.41) is 16.8. The molecule has 1 N–H and O–H groups in total. The highest BCUT2D eigenvalue weighted by Gasteiger charge is 2.45. The van der Waals surface area contributed by atoms with Crippen LogP contribution in [-0.2, 0) is 30.2 Å². The molecule has 2 amide bonds. The minimum Gasteiger partial charge on any atom is -0.476 e. The zero-order valence-corrected chi connectivity index (χ0v) is 45.7. The Morgan fingerprint density at radius 3 is 1.37 bits per heavy atom. The molecule has 4 saturated heterocycles. The predicted molar refractivity (Wildman–Crippen MR) is 287 cm³/mol. The van der Waals surface area contributed by atoms with Crippen LogP contribution in [0.3, 0.4) is 0 Å². The lowest BCUT2D eigenvalue weighted by Gasteiger charge is -2.23. The van der Waals surface area contributed by atoms with E-state index in [2.05, 4.69) is 20.2 Å². The van der Waals surface area contributed by atoms with Crippen LogP contribution in [-0.4, -0.2) is 145 Å². The van der Waals surface area contributed by atoms with E-state index in [-0.39, 0.29) is 63.6 Å². The summed E-state index contributed by atoms with van der Waals surface area (Å²) in [6, 6.07) is 18.8. The standard InChI is InChI=1S/C30H30ClF3N6O3.C26H22ClF3N6O3/c1-29(2,3)43-27(41)26-23(31)17-40(36-26)28(42)38-15-20-13-37(14-21(20)16-38)12-19-8-7-18(10-22(19)30(32,33)34)24-11-35-25-6-4-5-9-39(24)25;27-20-14-36(32-23(20)24(37)38)25(39)34-12-17-10-33(11-18(17)13-34)9-16-5-4-15(7-19(16)26(28,29)30)21-8-31-22-3-1-2-6-35(21)22/h4-11,17,20-21H,12-16H2,1-3H3;1-8,14,17-18H,9-13H2,(H,37,38). The van der Waals surface area contributed by atoms with Crippen LogP contribution in [0.1, 0.15) is 64.0 Å². The third kappa shape index (κ3) is 11.4. The van der Waals surface area contributed by atoms with Crippen LogP contribution < -0.4 is 0 Å². The number of rotatable bonds is 8. The van der Waals surface area contributed by atoms with Crippen molar-refractivity contribution >= 4 is 58.5 Å². The number of aromatic nitrogens is 8. The van der Waals surface area contributed by atoms with Crippen molar-refractivity contribution in [2.45, 2.75) is 51.8 Å². The summed E-state index contributed by atoms with van der Waals surface area (Å²) in [6.07, 6.45) is 0.103. The van der Waals surface area contributed by atoms with Gasteiger partial charge in [0.15, 0.2) is 11.4 Å². The van der Waals surface area contributed by atoms with Crippen molar-refractivity contribution in [1.82, 2.24) is 57.9 Å². The lowest BCUT2D eigenvalue weighted by Crippen LogP contribution is -2.36. The number of carbonyl (C=O) groups is 4. The van der Waals surface area contributed by atoms with Crippen LogP contribution in [0.2, 0.25) is 10.0 Å². The SMILES string of the molecule is CC(C)(C)OC(=O)c1nn(C(=O)N2CC3CN(Cc4ccc(-c5cnc6ccccn56)cc4C(F)(F)F)CC3C2)cc1Cl.O=C(O)c1nn(C(=O)N2CC3CN(Cc4ccc(-c5cnc6ccccn56)cc4C(F)(F)F)CC3C2)cc1Cl. The zero-order valence-electron chi connectivity index (χ0n) is 44.2. The number of imidazole rings is 2. The monoisotopic (exact) mass is 1170 g/mol. The van der Waals surface area contributed by atoms with E-state index in [0.717, 1.165) is 9.36 Å². The molecule has 428 valence electrons. The maximum atomic E-state index is 14.2. The first-order valence-corrected chi connectivity index (χ1v) is 26.9. The second kappa shape index (κ2) is 21.5. The summed E-state index contributed by atoms with van der Waals surface area (Å²) in [5.41, 5.74) is 1.13. The molecule has 26 heteroatoms. The molecule has 82 heavy (non-hydrogen) atoms. The van der Waals surface area contributed by atoms with E-state index in [1.54, 1.807) is 101 Å². The van der Waals surface area contributed by atoms with Gasteiger partial charge in [0.2, 0.25) is 0 Å². The van der Waals surface area contributed by atoms with E-state index in [0.29, 0.717) is 86.2 Å². The normalized spacial score (nSPS) is 19.5. The lowest BCUT2D eigenvalue weighted by atomic mass is 10.0. The highest BCUT2D eigenvalue weighted by atomic mass is 35.5. The number of hydrogen-bond acceptors (Lipinski definition) is 11. The van der Waals surface area contributed by atoms with Gasteiger partial charge in [-0.25, -0.2) is 29.1 Å². The van der Waals surface area contributed by atoms with E-state index < -0.39 is 58.8 Å². The Labute approximate surface area is 474 Å². The Bertz CT molecular complexity index is 3770. The molecule has 0 radical (unpaired) electrons. The average molecular weight is 1170 g/mol. The minimum atomic E-state index is -4.52. The van der Waals surface area contributed by atoms with Gasteiger partial charge in [0.25, 0.3) is 0 Å². The van der Waals surface area contributed by atoms with E-state index in [1.807, 2.05) is 28.0 Å². The number of carboxylic acid groups (broad SMARTS) is 1. The number of halogens is 8. The average Bonchev–Trinajstić information content (AvgIpc) is 4.34. The Morgan fingerprint density at radius 1 is 0.585 bits per heavy atom. The molecule has 0 aliphatic carbocycles. The van der Waals surface area contributed by atoms with E-state index in [4.69, 9.17) is 33.0 Å². The second-order valence-electron chi connectivity index (χ2n) is 22.0. The topological polar surface area (TPSA) is 181 Å². The van der Waals surface area contributed by atoms with Gasteiger partial charge in [-0.15, -0.1) is 0 Å². The Hall–Kier alpha value is -7.80. The molecule has 4 unspecified atom stereocenters. The first-order valence-electron chi connectivity index (χ1n) is 26.1. The first-order chi connectivity index (χ1) is 38.8. The van der Waals surface area contributed by atoms with Crippen LogP contribution in [0.5, 0.6) is 0 Å². The molecule has 0 saturated carbocycles. The smallest absolute Gasteiger partial charge is 0.416 e. The van der Waals surface area contributed by atoms with Crippen LogP contribution >= 0.6 is 23.2 Å². The molecule has 4 fully saturated rings. The van der Waals surface area contributed by atoms with Crippen molar-refractivity contribution in [2.24, 2.45) is 23.7 Å². The number of nitrogens with zero attached hydrogens (tertiary/aromatic N) is 12. The lowest BCUT2D eigenvalue weighted by molar-refractivity contribution is -0.139. The summed E-state index contributed by atoms with van der Waals surface area (Å²) in [5.74, 6) is -1.66. The highest BCUT2D eigenvalue weighted by molar-refractivity contribution is 6.33. The molecule has 18 nitrogen and oxygen atoms in total. The van der Waals surface area contributed by atoms with Crippen LogP contribution in [0.25, 0.3) is 33.8 Å². The number of benzene rings is 2. The Kier molecular flexibility index (Phi) is 14.7. The summed E-state index contributed by atoms with van der Waals surface area (Å²) in [6.45, 7) is 9.31. The number of fused-ring (bicyclic) bond motifs is 4. The molecule has 0 bridgehead atoms. The van der Waals surface area contributed by atoms with Crippen molar-refractivity contribution in [2.75, 3.05) is 52.4 Å². The molecule has 6 aromatic heterocycles. The molecule has 0 spiro atoms. The molecule has 4 atom stereocenters. The van der Waals surface area contributed by atoms with E-state index in [9.17, 15) is 45.5 Å². The minimum absolute atomic E-state index is 0.0149. The van der Waals surface area contributed by atoms with Gasteiger partial charge in [-0.05, 0) is 92.0 Å². The number of pyridine rings is 2. The van der Waals surface area contributed by atoms with Gasteiger partial charge in [-0.3, -0.25) is 18.6 Å². The highest BCUT2D eigenvalue weighted by Crippen LogP contribution is 2.40. The maximum absolute atomic E-state index is 14.2. The quantitative estimate of drug-likeness (QED) is 0.113. The van der Waals surface area contributed by atoms with Crippen molar-refractivity contribution in [3.05, 3.63) is 154 Å². The van der Waals surface area contributed by atoms with E-state index in [1.165, 1.54) is 30.6 Å². The first kappa shape index (κ1) is 56.1. The Morgan fingerprint density at radius 2 is 0.988 bits per heavy atom. The fourth-order valence-corrected chi connectivity index (χ4v) is 12.0.